The number of hydrogen-bond donors (Lipinski definition) is 1. The molecular formula is C23H26F4N4O2. The van der Waals surface area contributed by atoms with E-state index in [4.69, 9.17) is 10.3 Å². The van der Waals surface area contributed by atoms with Gasteiger partial charge in [0.25, 0.3) is 0 Å². The second-order valence-corrected chi connectivity index (χ2v) is 9.16. The minimum absolute atomic E-state index is 0.129. The molecule has 1 aliphatic rings. The van der Waals surface area contributed by atoms with Crippen LogP contribution >= 0.6 is 0 Å². The van der Waals surface area contributed by atoms with Crippen molar-refractivity contribution in [3.8, 4) is 17.2 Å². The summed E-state index contributed by atoms with van der Waals surface area (Å²) in [7, 11) is 0. The number of aromatic nitrogens is 1. The van der Waals surface area contributed by atoms with Crippen LogP contribution in [0.5, 0.6) is 0 Å². The lowest BCUT2D eigenvalue weighted by Gasteiger charge is -2.42. The van der Waals surface area contributed by atoms with Crippen LogP contribution in [-0.4, -0.2) is 39.4 Å². The largest absolute Gasteiger partial charge is 0.408 e. The molecular weight excluding hydrogens is 440 g/mol. The Labute approximate surface area is 189 Å². The number of rotatable bonds is 8. The monoisotopic (exact) mass is 466 g/mol. The summed E-state index contributed by atoms with van der Waals surface area (Å²) in [5, 5.41) is 13.6. The average Bonchev–Trinajstić information content (AvgIpc) is 3.42. The molecule has 1 heterocycles. The zero-order chi connectivity index (χ0) is 24.8. The highest BCUT2D eigenvalue weighted by atomic mass is 19.4. The molecule has 6 nitrogen and oxygen atoms in total. The van der Waals surface area contributed by atoms with Crippen LogP contribution in [0.1, 0.15) is 56.2 Å². The fourth-order valence-corrected chi connectivity index (χ4v) is 4.30. The van der Waals surface area contributed by atoms with Crippen LogP contribution in [0, 0.1) is 25.2 Å². The summed E-state index contributed by atoms with van der Waals surface area (Å²) < 4.78 is 63.1. The molecule has 0 saturated heterocycles. The fraction of sp³-hybridized carbons (Fsp3) is 0.522. The van der Waals surface area contributed by atoms with Gasteiger partial charge in [0.1, 0.15) is 23.0 Å². The van der Waals surface area contributed by atoms with E-state index >= 15 is 0 Å². The molecule has 1 aliphatic carbocycles. The van der Waals surface area contributed by atoms with Gasteiger partial charge in [0, 0.05) is 12.0 Å². The lowest BCUT2D eigenvalue weighted by molar-refractivity contribution is -0.201. The van der Waals surface area contributed by atoms with Gasteiger partial charge in [-0.05, 0) is 51.7 Å². The lowest BCUT2D eigenvalue weighted by atomic mass is 9.92. The Kier molecular flexibility index (Phi) is 6.33. The number of carbonyl (C=O) groups is 1. The van der Waals surface area contributed by atoms with Crippen molar-refractivity contribution in [2.45, 2.75) is 76.4 Å². The van der Waals surface area contributed by atoms with Crippen molar-refractivity contribution >= 4 is 5.91 Å². The van der Waals surface area contributed by atoms with E-state index < -0.39 is 41.8 Å². The van der Waals surface area contributed by atoms with E-state index in [2.05, 4.69) is 5.16 Å². The highest BCUT2D eigenvalue weighted by Crippen LogP contribution is 2.52. The topological polar surface area (TPSA) is 96.2 Å². The van der Waals surface area contributed by atoms with Crippen molar-refractivity contribution in [2.24, 2.45) is 5.73 Å². The number of halogens is 4. The molecule has 10 heteroatoms. The molecule has 0 bridgehead atoms. The van der Waals surface area contributed by atoms with Crippen LogP contribution in [0.4, 0.5) is 17.6 Å². The Morgan fingerprint density at radius 3 is 2.18 bits per heavy atom. The smallest absolute Gasteiger partial charge is 0.368 e. The number of hydrogen-bond acceptors (Lipinski definition) is 5. The third kappa shape index (κ3) is 5.03. The molecule has 178 valence electrons. The number of benzene rings is 1. The maximum Gasteiger partial charge on any atom is 0.408 e. The van der Waals surface area contributed by atoms with E-state index in [0.29, 0.717) is 22.6 Å². The van der Waals surface area contributed by atoms with Gasteiger partial charge in [-0.15, -0.1) is 0 Å². The molecule has 2 atom stereocenters. The average molecular weight is 466 g/mol. The number of nitriles is 1. The lowest BCUT2D eigenvalue weighted by Crippen LogP contribution is -2.57. The second-order valence-electron chi connectivity index (χ2n) is 9.16. The second kappa shape index (κ2) is 8.45. The van der Waals surface area contributed by atoms with Gasteiger partial charge in [-0.25, -0.2) is 4.39 Å². The van der Waals surface area contributed by atoms with Crippen molar-refractivity contribution < 1.29 is 26.9 Å². The van der Waals surface area contributed by atoms with Crippen molar-refractivity contribution in [3.63, 3.8) is 0 Å². The summed E-state index contributed by atoms with van der Waals surface area (Å²) in [6.07, 6.45) is -5.17. The predicted molar refractivity (Wildman–Crippen MR) is 112 cm³/mol. The van der Waals surface area contributed by atoms with Gasteiger partial charge in [-0.2, -0.15) is 18.4 Å². The van der Waals surface area contributed by atoms with E-state index in [1.54, 1.807) is 13.8 Å². The molecule has 33 heavy (non-hydrogen) atoms. The molecule has 1 aromatic heterocycles. The quantitative estimate of drug-likeness (QED) is 0.558. The molecule has 1 amide bonds. The normalized spacial score (nSPS) is 17.5. The van der Waals surface area contributed by atoms with Crippen molar-refractivity contribution in [2.75, 3.05) is 0 Å². The first-order valence-corrected chi connectivity index (χ1v) is 10.5. The number of alkyl halides is 4. The molecule has 2 aromatic rings. The summed E-state index contributed by atoms with van der Waals surface area (Å²) in [6, 6.07) is 3.56. The molecule has 0 spiro atoms. The molecule has 1 saturated carbocycles. The third-order valence-corrected chi connectivity index (χ3v) is 5.91. The van der Waals surface area contributed by atoms with Crippen LogP contribution < -0.4 is 5.73 Å². The number of amides is 1. The molecule has 0 radical (unpaired) electrons. The first-order valence-electron chi connectivity index (χ1n) is 10.5. The number of nitrogens with two attached hydrogens (primary N) is 1. The van der Waals surface area contributed by atoms with Crippen LogP contribution in [0.15, 0.2) is 28.8 Å². The highest BCUT2D eigenvalue weighted by Gasteiger charge is 2.61. The van der Waals surface area contributed by atoms with Gasteiger partial charge in [0.2, 0.25) is 5.91 Å². The van der Waals surface area contributed by atoms with Crippen LogP contribution in [-0.2, 0) is 4.79 Å². The molecule has 1 fully saturated rings. The van der Waals surface area contributed by atoms with E-state index in [1.807, 2.05) is 6.07 Å². The summed E-state index contributed by atoms with van der Waals surface area (Å²) in [4.78, 5) is 13.1. The number of carbonyl (C=O) groups excluding carboxylic acids is 1. The van der Waals surface area contributed by atoms with E-state index in [-0.39, 0.29) is 18.4 Å². The maximum absolute atomic E-state index is 14.5. The highest BCUT2D eigenvalue weighted by molar-refractivity contribution is 5.80. The Balaban J connectivity index is 2.12. The van der Waals surface area contributed by atoms with E-state index in [0.717, 1.165) is 18.7 Å². The Morgan fingerprint density at radius 1 is 1.24 bits per heavy atom. The zero-order valence-corrected chi connectivity index (χ0v) is 18.8. The first-order chi connectivity index (χ1) is 15.2. The first kappa shape index (κ1) is 24.7. The minimum Gasteiger partial charge on any atom is -0.368 e. The van der Waals surface area contributed by atoms with Crippen LogP contribution in [0.2, 0.25) is 0 Å². The summed E-state index contributed by atoms with van der Waals surface area (Å²) in [6.45, 7) is 5.74. The van der Waals surface area contributed by atoms with Crippen molar-refractivity contribution in [3.05, 3.63) is 41.3 Å². The van der Waals surface area contributed by atoms with Gasteiger partial charge < -0.3 is 10.3 Å². The Bertz CT molecular complexity index is 1040. The molecule has 1 aromatic carbocycles. The predicted octanol–water partition coefficient (Wildman–Crippen LogP) is 4.91. The number of nitrogens with zero attached hydrogens (tertiary/aromatic N) is 3. The van der Waals surface area contributed by atoms with E-state index in [1.165, 1.54) is 24.3 Å². The van der Waals surface area contributed by atoms with Crippen molar-refractivity contribution in [1.29, 1.82) is 5.26 Å². The van der Waals surface area contributed by atoms with Gasteiger partial charge in [-0.3, -0.25) is 9.69 Å². The van der Waals surface area contributed by atoms with E-state index in [9.17, 15) is 27.6 Å². The Hall–Kier alpha value is -2.93. The standard InChI is InChI=1S/C23H26F4N4O2/c1-13-18(14(2)33-30-13)15-5-7-16(8-6-15)19(23(25,26)27)31(22(12-28)9-10-22)17(20(29)32)11-21(3,4)24/h5-8,17,19H,9-11H2,1-4H3,(H2,29,32)/t17-,19-/m0/s1. The summed E-state index contributed by atoms with van der Waals surface area (Å²) in [5.41, 5.74) is 3.63. The number of primary amides is 1. The van der Waals surface area contributed by atoms with Crippen LogP contribution in [0.3, 0.4) is 0 Å². The minimum atomic E-state index is -4.86. The Morgan fingerprint density at radius 2 is 1.82 bits per heavy atom. The van der Waals surface area contributed by atoms with Gasteiger partial charge in [0.05, 0.1) is 17.8 Å². The molecule has 0 unspecified atom stereocenters. The SMILES string of the molecule is Cc1noc(C)c1-c1ccc([C@H](N([C@@H](CC(C)(C)F)C(N)=O)C2(C#N)CC2)C(F)(F)F)cc1. The molecule has 3 rings (SSSR count). The maximum atomic E-state index is 14.5. The van der Waals surface area contributed by atoms with Crippen molar-refractivity contribution in [1.82, 2.24) is 10.1 Å². The van der Waals surface area contributed by atoms with Crippen LogP contribution in [0.25, 0.3) is 11.1 Å². The summed E-state index contributed by atoms with van der Waals surface area (Å²) >= 11 is 0. The zero-order valence-electron chi connectivity index (χ0n) is 18.8. The molecule has 0 aliphatic heterocycles. The van der Waals surface area contributed by atoms with Gasteiger partial charge in [0.15, 0.2) is 0 Å². The summed E-state index contributed by atoms with van der Waals surface area (Å²) in [5.74, 6) is -0.585. The third-order valence-electron chi connectivity index (χ3n) is 5.91. The van der Waals surface area contributed by atoms with Gasteiger partial charge >= 0.3 is 6.18 Å². The number of aryl methyl sites for hydroxylation is 2. The molecule has 2 N–H and O–H groups in total. The fourth-order valence-electron chi connectivity index (χ4n) is 4.30. The van der Waals surface area contributed by atoms with Gasteiger partial charge in [-0.1, -0.05) is 29.4 Å².